The van der Waals surface area contributed by atoms with Gasteiger partial charge in [0.15, 0.2) is 0 Å². The highest BCUT2D eigenvalue weighted by Gasteiger charge is 2.02. The fourth-order valence-corrected chi connectivity index (χ4v) is 1.56. The number of aromatic nitrogens is 2. The van der Waals surface area contributed by atoms with Gasteiger partial charge in [-0.25, -0.2) is 4.98 Å². The van der Waals surface area contributed by atoms with Gasteiger partial charge in [0, 0.05) is 30.4 Å². The normalized spacial score (nSPS) is 10.3. The minimum absolute atomic E-state index is 0.673. The molecule has 0 atom stereocenters. The van der Waals surface area contributed by atoms with Crippen molar-refractivity contribution < 1.29 is 4.42 Å². The fraction of sp³-hybridized carbons (Fsp3) is 0.385. The van der Waals surface area contributed by atoms with Gasteiger partial charge in [-0.2, -0.15) is 4.98 Å². The number of aryl methyl sites for hydroxylation is 1. The number of furan rings is 1. The van der Waals surface area contributed by atoms with Crippen LogP contribution >= 0.6 is 0 Å². The molecule has 18 heavy (non-hydrogen) atoms. The third kappa shape index (κ3) is 3.48. The van der Waals surface area contributed by atoms with E-state index < -0.39 is 0 Å². The van der Waals surface area contributed by atoms with Crippen LogP contribution in [-0.2, 0) is 6.54 Å². The topological polar surface area (TPSA) is 63.0 Å². The molecule has 96 valence electrons. The third-order valence-corrected chi connectivity index (χ3v) is 2.44. The molecule has 0 bridgehead atoms. The Labute approximate surface area is 107 Å². The molecule has 2 rings (SSSR count). The molecule has 0 aliphatic carbocycles. The molecule has 0 aliphatic heterocycles. The van der Waals surface area contributed by atoms with E-state index in [4.69, 9.17) is 4.42 Å². The molecule has 2 heterocycles. The molecule has 5 heteroatoms. The van der Waals surface area contributed by atoms with Crippen molar-refractivity contribution in [3.8, 4) is 0 Å². The van der Waals surface area contributed by atoms with Crippen LogP contribution in [0.25, 0.3) is 0 Å². The molecule has 0 amide bonds. The van der Waals surface area contributed by atoms with E-state index in [0.29, 0.717) is 12.5 Å². The minimum atomic E-state index is 0.673. The average Bonchev–Trinajstić information content (AvgIpc) is 2.86. The Hall–Kier alpha value is -2.04. The number of hydrogen-bond acceptors (Lipinski definition) is 5. The molecular weight excluding hydrogens is 228 g/mol. The summed E-state index contributed by atoms with van der Waals surface area (Å²) in [7, 11) is 0. The largest absolute Gasteiger partial charge is 0.472 e. The lowest BCUT2D eigenvalue weighted by molar-refractivity contribution is 0.564. The number of nitrogens with one attached hydrogen (secondary N) is 2. The van der Waals surface area contributed by atoms with E-state index in [9.17, 15) is 0 Å². The Morgan fingerprint density at radius 2 is 2.17 bits per heavy atom. The minimum Gasteiger partial charge on any atom is -0.472 e. The first-order valence-electron chi connectivity index (χ1n) is 6.12. The van der Waals surface area contributed by atoms with Gasteiger partial charge in [-0.15, -0.1) is 0 Å². The summed E-state index contributed by atoms with van der Waals surface area (Å²) < 4.78 is 5.02. The lowest BCUT2D eigenvalue weighted by Gasteiger charge is -2.08. The van der Waals surface area contributed by atoms with Crippen molar-refractivity contribution in [3.05, 3.63) is 35.9 Å². The van der Waals surface area contributed by atoms with E-state index in [2.05, 4.69) is 27.5 Å². The molecule has 0 saturated carbocycles. The first-order valence-corrected chi connectivity index (χ1v) is 6.12. The Balaban J connectivity index is 2.00. The second-order valence-electron chi connectivity index (χ2n) is 4.13. The molecule has 2 N–H and O–H groups in total. The molecule has 0 aliphatic rings. The van der Waals surface area contributed by atoms with Crippen LogP contribution in [0, 0.1) is 6.92 Å². The van der Waals surface area contributed by atoms with Crippen LogP contribution in [0.2, 0.25) is 0 Å². The van der Waals surface area contributed by atoms with Gasteiger partial charge in [0.2, 0.25) is 5.95 Å². The van der Waals surface area contributed by atoms with Gasteiger partial charge in [-0.1, -0.05) is 6.92 Å². The predicted octanol–water partition coefficient (Wildman–Crippen LogP) is 2.81. The van der Waals surface area contributed by atoms with Crippen LogP contribution in [0.1, 0.15) is 24.6 Å². The standard InChI is InChI=1S/C13H18N4O/c1-3-5-14-13-16-10(2)7-12(17-13)15-8-11-4-6-18-9-11/h4,6-7,9H,3,5,8H2,1-2H3,(H2,14,15,16,17). The molecule has 2 aromatic rings. The first kappa shape index (κ1) is 12.4. The molecule has 0 unspecified atom stereocenters. The summed E-state index contributed by atoms with van der Waals surface area (Å²) in [4.78, 5) is 8.74. The number of hydrogen-bond donors (Lipinski definition) is 2. The summed E-state index contributed by atoms with van der Waals surface area (Å²) in [5.74, 6) is 1.49. The highest BCUT2D eigenvalue weighted by Crippen LogP contribution is 2.11. The lowest BCUT2D eigenvalue weighted by Crippen LogP contribution is -2.08. The summed E-state index contributed by atoms with van der Waals surface area (Å²) >= 11 is 0. The fourth-order valence-electron chi connectivity index (χ4n) is 1.56. The summed E-state index contributed by atoms with van der Waals surface area (Å²) in [5, 5.41) is 6.44. The van der Waals surface area contributed by atoms with Crippen LogP contribution < -0.4 is 10.6 Å². The third-order valence-electron chi connectivity index (χ3n) is 2.44. The first-order chi connectivity index (χ1) is 8.78. The second-order valence-corrected chi connectivity index (χ2v) is 4.13. The predicted molar refractivity (Wildman–Crippen MR) is 71.6 cm³/mol. The van der Waals surface area contributed by atoms with Crippen molar-refractivity contribution in [2.45, 2.75) is 26.8 Å². The Bertz CT molecular complexity index is 482. The smallest absolute Gasteiger partial charge is 0.224 e. The monoisotopic (exact) mass is 246 g/mol. The quantitative estimate of drug-likeness (QED) is 0.820. The lowest BCUT2D eigenvalue weighted by atomic mass is 10.3. The van der Waals surface area contributed by atoms with Crippen LogP contribution in [0.15, 0.2) is 29.1 Å². The molecule has 0 aromatic carbocycles. The Morgan fingerprint density at radius 1 is 1.28 bits per heavy atom. The molecule has 5 nitrogen and oxygen atoms in total. The summed E-state index contributed by atoms with van der Waals surface area (Å²) in [5.41, 5.74) is 2.03. The number of rotatable bonds is 6. The van der Waals surface area contributed by atoms with Crippen LogP contribution in [-0.4, -0.2) is 16.5 Å². The van der Waals surface area contributed by atoms with E-state index >= 15 is 0 Å². The van der Waals surface area contributed by atoms with Crippen molar-refractivity contribution in [2.24, 2.45) is 0 Å². The van der Waals surface area contributed by atoms with E-state index in [0.717, 1.165) is 30.0 Å². The Morgan fingerprint density at radius 3 is 2.89 bits per heavy atom. The van der Waals surface area contributed by atoms with Gasteiger partial charge in [0.1, 0.15) is 5.82 Å². The zero-order valence-electron chi connectivity index (χ0n) is 10.7. The van der Waals surface area contributed by atoms with Crippen molar-refractivity contribution in [3.63, 3.8) is 0 Å². The SMILES string of the molecule is CCCNc1nc(C)cc(NCc2ccoc2)n1. The van der Waals surface area contributed by atoms with Gasteiger partial charge in [-0.05, 0) is 19.4 Å². The van der Waals surface area contributed by atoms with Gasteiger partial charge >= 0.3 is 0 Å². The Kier molecular flexibility index (Phi) is 4.17. The molecule has 0 fully saturated rings. The average molecular weight is 246 g/mol. The maximum atomic E-state index is 5.02. The van der Waals surface area contributed by atoms with E-state index in [1.165, 1.54) is 0 Å². The second kappa shape index (κ2) is 6.05. The summed E-state index contributed by atoms with van der Waals surface area (Å²) in [6.07, 6.45) is 4.43. The van der Waals surface area contributed by atoms with Crippen LogP contribution in [0.5, 0.6) is 0 Å². The van der Waals surface area contributed by atoms with Crippen LogP contribution in [0.3, 0.4) is 0 Å². The molecule has 0 radical (unpaired) electrons. The van der Waals surface area contributed by atoms with Crippen molar-refractivity contribution in [1.29, 1.82) is 0 Å². The summed E-state index contributed by atoms with van der Waals surface area (Å²) in [6, 6.07) is 3.86. The van der Waals surface area contributed by atoms with Gasteiger partial charge in [0.25, 0.3) is 0 Å². The van der Waals surface area contributed by atoms with Crippen molar-refractivity contribution >= 4 is 11.8 Å². The maximum Gasteiger partial charge on any atom is 0.224 e. The van der Waals surface area contributed by atoms with Crippen LogP contribution in [0.4, 0.5) is 11.8 Å². The zero-order valence-corrected chi connectivity index (χ0v) is 10.7. The van der Waals surface area contributed by atoms with Crippen molar-refractivity contribution in [2.75, 3.05) is 17.2 Å². The maximum absolute atomic E-state index is 5.02. The van der Waals surface area contributed by atoms with Gasteiger partial charge < -0.3 is 15.1 Å². The van der Waals surface area contributed by atoms with Crippen molar-refractivity contribution in [1.82, 2.24) is 9.97 Å². The van der Waals surface area contributed by atoms with Gasteiger partial charge in [0.05, 0.1) is 12.5 Å². The van der Waals surface area contributed by atoms with E-state index in [1.54, 1.807) is 12.5 Å². The summed E-state index contributed by atoms with van der Waals surface area (Å²) in [6.45, 7) is 5.65. The highest BCUT2D eigenvalue weighted by atomic mass is 16.3. The number of nitrogens with zero attached hydrogens (tertiary/aromatic N) is 2. The molecule has 2 aromatic heterocycles. The molecule has 0 spiro atoms. The number of anilines is 2. The van der Waals surface area contributed by atoms with Gasteiger partial charge in [-0.3, -0.25) is 0 Å². The molecule has 0 saturated heterocycles. The zero-order chi connectivity index (χ0) is 12.8. The van der Waals surface area contributed by atoms with E-state index in [1.807, 2.05) is 19.1 Å². The molecular formula is C13H18N4O. The highest BCUT2D eigenvalue weighted by molar-refractivity contribution is 5.42. The van der Waals surface area contributed by atoms with E-state index in [-0.39, 0.29) is 0 Å².